The number of benzene rings is 2. The highest BCUT2D eigenvalue weighted by atomic mass is 35.5. The minimum absolute atomic E-state index is 0.271. The lowest BCUT2D eigenvalue weighted by Gasteiger charge is -2.12. The summed E-state index contributed by atoms with van der Waals surface area (Å²) in [5.74, 6) is 0.646. The molecule has 0 atom stereocenters. The molecular weight excluding hydrogens is 380 g/mol. The van der Waals surface area contributed by atoms with Gasteiger partial charge >= 0.3 is 5.97 Å². The molecule has 3 rings (SSSR count). The Morgan fingerprint density at radius 2 is 1.96 bits per heavy atom. The molecule has 0 aliphatic carbocycles. The van der Waals surface area contributed by atoms with Crippen LogP contribution in [0, 0.1) is 6.92 Å². The first-order valence-electron chi connectivity index (χ1n) is 8.76. The van der Waals surface area contributed by atoms with Crippen LogP contribution in [0.1, 0.15) is 23.7 Å². The van der Waals surface area contributed by atoms with Crippen molar-refractivity contribution in [3.63, 3.8) is 0 Å². The Morgan fingerprint density at radius 1 is 1.21 bits per heavy atom. The molecule has 1 N–H and O–H groups in total. The maximum absolute atomic E-state index is 12.2. The van der Waals surface area contributed by atoms with Gasteiger partial charge in [0.15, 0.2) is 5.75 Å². The Labute approximate surface area is 168 Å². The first kappa shape index (κ1) is 19.8. The molecule has 0 aliphatic rings. The quantitative estimate of drug-likeness (QED) is 0.355. The third-order valence-electron chi connectivity index (χ3n) is 4.25. The van der Waals surface area contributed by atoms with Crippen LogP contribution in [0.5, 0.6) is 11.5 Å². The largest absolute Gasteiger partial charge is 0.496 e. The molecule has 0 fully saturated rings. The summed E-state index contributed by atoms with van der Waals surface area (Å²) in [5.41, 5.74) is 3.58. The van der Waals surface area contributed by atoms with Crippen molar-refractivity contribution in [2.75, 3.05) is 13.7 Å². The van der Waals surface area contributed by atoms with E-state index in [1.165, 1.54) is 6.21 Å². The molecule has 28 heavy (non-hydrogen) atoms. The summed E-state index contributed by atoms with van der Waals surface area (Å²) < 4.78 is 11.2. The molecule has 0 unspecified atom stereocenters. The van der Waals surface area contributed by atoms with E-state index in [2.05, 4.69) is 10.1 Å². The van der Waals surface area contributed by atoms with Crippen LogP contribution in [0.25, 0.3) is 10.9 Å². The molecule has 1 aromatic heterocycles. The van der Waals surface area contributed by atoms with Crippen molar-refractivity contribution >= 4 is 34.7 Å². The van der Waals surface area contributed by atoms with E-state index in [1.807, 2.05) is 43.3 Å². The smallest absolute Gasteiger partial charge is 0.352 e. The normalized spacial score (nSPS) is 11.1. The number of hydrogen-bond donors (Lipinski definition) is 1. The first-order valence-corrected chi connectivity index (χ1v) is 9.14. The lowest BCUT2D eigenvalue weighted by Crippen LogP contribution is -2.14. The second-order valence-corrected chi connectivity index (χ2v) is 6.60. The minimum atomic E-state index is -0.533. The van der Waals surface area contributed by atoms with Gasteiger partial charge in [0.2, 0.25) is 6.61 Å². The van der Waals surface area contributed by atoms with Crippen LogP contribution in [0.4, 0.5) is 0 Å². The van der Waals surface area contributed by atoms with Crippen molar-refractivity contribution in [1.82, 2.24) is 4.98 Å². The summed E-state index contributed by atoms with van der Waals surface area (Å²) in [6, 6.07) is 11.4. The molecule has 7 heteroatoms. The molecule has 0 saturated heterocycles. The Balaban J connectivity index is 2.02. The van der Waals surface area contributed by atoms with E-state index in [4.69, 9.17) is 25.9 Å². The van der Waals surface area contributed by atoms with Crippen LogP contribution >= 0.6 is 11.6 Å². The maximum Gasteiger partial charge on any atom is 0.352 e. The number of nitrogens with one attached hydrogen (secondary N) is 1. The zero-order chi connectivity index (χ0) is 20.1. The van der Waals surface area contributed by atoms with Gasteiger partial charge in [-0.05, 0) is 43.7 Å². The Hall–Kier alpha value is -2.99. The first-order chi connectivity index (χ1) is 13.5. The van der Waals surface area contributed by atoms with Gasteiger partial charge in [0, 0.05) is 28.6 Å². The number of fused-ring (bicyclic) bond motifs is 1. The standard InChI is InChI=1S/C21H21ClN2O4/c1-4-23-27-12-19(25)28-21-13(2)24-17-9-10-18(26-3)16(20(17)21)11-14-5-7-15(22)8-6-14/h4-10,24H,11-12H2,1-3H3. The van der Waals surface area contributed by atoms with Crippen molar-refractivity contribution in [3.8, 4) is 11.5 Å². The Morgan fingerprint density at radius 3 is 2.64 bits per heavy atom. The van der Waals surface area contributed by atoms with Gasteiger partial charge in [-0.15, -0.1) is 0 Å². The lowest BCUT2D eigenvalue weighted by atomic mass is 10.00. The fourth-order valence-electron chi connectivity index (χ4n) is 3.05. The average Bonchev–Trinajstić information content (AvgIpc) is 2.99. The predicted molar refractivity (Wildman–Crippen MR) is 110 cm³/mol. The molecule has 0 spiro atoms. The zero-order valence-corrected chi connectivity index (χ0v) is 16.7. The highest BCUT2D eigenvalue weighted by Crippen LogP contribution is 2.38. The van der Waals surface area contributed by atoms with Gasteiger partial charge in [0.05, 0.1) is 18.3 Å². The monoisotopic (exact) mass is 400 g/mol. The number of rotatable bonds is 7. The highest BCUT2D eigenvalue weighted by molar-refractivity contribution is 6.30. The van der Waals surface area contributed by atoms with E-state index in [9.17, 15) is 4.79 Å². The molecule has 0 saturated carbocycles. The second kappa shape index (κ2) is 8.80. The summed E-state index contributed by atoms with van der Waals surface area (Å²) in [5, 5.41) is 5.05. The molecule has 1 heterocycles. The Bertz CT molecular complexity index is 1010. The zero-order valence-electron chi connectivity index (χ0n) is 15.9. The minimum Gasteiger partial charge on any atom is -0.496 e. The van der Waals surface area contributed by atoms with Gasteiger partial charge in [-0.3, -0.25) is 0 Å². The van der Waals surface area contributed by atoms with E-state index in [0.717, 1.165) is 27.7 Å². The van der Waals surface area contributed by atoms with E-state index < -0.39 is 5.97 Å². The van der Waals surface area contributed by atoms with E-state index in [-0.39, 0.29) is 6.61 Å². The number of ether oxygens (including phenoxy) is 2. The molecule has 3 aromatic rings. The van der Waals surface area contributed by atoms with Gasteiger partial charge in [-0.25, -0.2) is 4.79 Å². The van der Waals surface area contributed by atoms with E-state index in [1.54, 1.807) is 14.0 Å². The van der Waals surface area contributed by atoms with Crippen molar-refractivity contribution < 1.29 is 19.1 Å². The van der Waals surface area contributed by atoms with Gasteiger partial charge in [-0.2, -0.15) is 0 Å². The SMILES string of the molecule is CC=NOCC(=O)Oc1c(C)[nH]c2ccc(OC)c(Cc3ccc(Cl)cc3)c12. The molecular formula is C21H21ClN2O4. The number of aromatic nitrogens is 1. The molecule has 0 aliphatic heterocycles. The van der Waals surface area contributed by atoms with Crippen molar-refractivity contribution in [2.45, 2.75) is 20.3 Å². The van der Waals surface area contributed by atoms with Gasteiger partial charge in [0.25, 0.3) is 0 Å². The van der Waals surface area contributed by atoms with Crippen molar-refractivity contribution in [2.24, 2.45) is 5.16 Å². The summed E-state index contributed by atoms with van der Waals surface area (Å²) in [7, 11) is 1.62. The number of hydrogen-bond acceptors (Lipinski definition) is 5. The third-order valence-corrected chi connectivity index (χ3v) is 4.50. The Kier molecular flexibility index (Phi) is 6.21. The number of esters is 1. The van der Waals surface area contributed by atoms with Crippen LogP contribution in [0.2, 0.25) is 5.02 Å². The number of methoxy groups -OCH3 is 1. The third kappa shape index (κ3) is 4.28. The number of nitrogens with zero attached hydrogens (tertiary/aromatic N) is 1. The average molecular weight is 401 g/mol. The van der Waals surface area contributed by atoms with Crippen molar-refractivity contribution in [1.29, 1.82) is 0 Å². The fourth-order valence-corrected chi connectivity index (χ4v) is 3.17. The lowest BCUT2D eigenvalue weighted by molar-refractivity contribution is -0.139. The van der Waals surface area contributed by atoms with Crippen LogP contribution < -0.4 is 9.47 Å². The van der Waals surface area contributed by atoms with Crippen LogP contribution in [0.15, 0.2) is 41.6 Å². The predicted octanol–water partition coefficient (Wildman–Crippen LogP) is 4.66. The number of carbonyl (C=O) groups is 1. The molecule has 0 bridgehead atoms. The molecule has 2 aromatic carbocycles. The number of oxime groups is 1. The highest BCUT2D eigenvalue weighted by Gasteiger charge is 2.20. The second-order valence-electron chi connectivity index (χ2n) is 6.16. The number of halogens is 1. The topological polar surface area (TPSA) is 72.9 Å². The van der Waals surface area contributed by atoms with Gasteiger partial charge in [0.1, 0.15) is 5.75 Å². The maximum atomic E-state index is 12.2. The van der Waals surface area contributed by atoms with Crippen molar-refractivity contribution in [3.05, 3.63) is 58.2 Å². The number of H-pyrrole nitrogens is 1. The summed E-state index contributed by atoms with van der Waals surface area (Å²) >= 11 is 6.00. The molecule has 146 valence electrons. The van der Waals surface area contributed by atoms with Crippen LogP contribution in [0.3, 0.4) is 0 Å². The van der Waals surface area contributed by atoms with Gasteiger partial charge < -0.3 is 19.3 Å². The molecule has 6 nitrogen and oxygen atoms in total. The van der Waals surface area contributed by atoms with E-state index in [0.29, 0.717) is 22.9 Å². The van der Waals surface area contributed by atoms with Crippen LogP contribution in [-0.4, -0.2) is 30.9 Å². The fraction of sp³-hybridized carbons (Fsp3) is 0.238. The number of carbonyl (C=O) groups excluding carboxylic acids is 1. The number of aryl methyl sites for hydroxylation is 1. The molecule has 0 amide bonds. The van der Waals surface area contributed by atoms with Crippen LogP contribution in [-0.2, 0) is 16.1 Å². The van der Waals surface area contributed by atoms with E-state index >= 15 is 0 Å². The molecule has 0 radical (unpaired) electrons. The van der Waals surface area contributed by atoms with Gasteiger partial charge in [-0.1, -0.05) is 28.9 Å². The summed E-state index contributed by atoms with van der Waals surface area (Å²) in [6.45, 7) is 3.28. The summed E-state index contributed by atoms with van der Waals surface area (Å²) in [6.07, 6.45) is 2.05. The summed E-state index contributed by atoms with van der Waals surface area (Å²) in [4.78, 5) is 20.3. The number of aromatic amines is 1.